The molecule has 0 unspecified atom stereocenters. The van der Waals surface area contributed by atoms with Crippen molar-refractivity contribution in [2.45, 2.75) is 118 Å². The Morgan fingerprint density at radius 2 is 0.724 bits per heavy atom. The highest BCUT2D eigenvalue weighted by Gasteiger charge is 2.46. The zero-order chi connectivity index (χ0) is 23.5. The Morgan fingerprint density at radius 3 is 0.897 bits per heavy atom. The molecule has 0 bridgehead atoms. The molecule has 0 nitrogen and oxygen atoms in total. The second kappa shape index (κ2) is 8.06. The van der Waals surface area contributed by atoms with E-state index in [4.69, 9.17) is 0 Å². The smallest absolute Gasteiger partial charge is 0.0727 e. The maximum Gasteiger partial charge on any atom is 0.0727 e. The van der Waals surface area contributed by atoms with Crippen LogP contribution in [-0.4, -0.2) is 46.5 Å². The molecular weight excluding hydrogens is 432 g/mol. The summed E-state index contributed by atoms with van der Waals surface area (Å²) in [5, 5.41) is 0.231. The lowest BCUT2D eigenvalue weighted by Crippen LogP contribution is -2.54. The minimum atomic E-state index is -1.44. The van der Waals surface area contributed by atoms with Crippen LogP contribution in [0.2, 0.25) is 78.6 Å². The summed E-state index contributed by atoms with van der Waals surface area (Å²) in [5.74, 6) is 0. The second-order valence-electron chi connectivity index (χ2n) is 13.6. The molecule has 0 N–H and O–H groups in total. The van der Waals surface area contributed by atoms with E-state index in [9.17, 15) is 0 Å². The molecule has 0 heterocycles. The van der Waals surface area contributed by atoms with Crippen LogP contribution in [0.25, 0.3) is 0 Å². The van der Waals surface area contributed by atoms with Crippen LogP contribution in [0.3, 0.4) is 0 Å². The average molecular weight is 483 g/mol. The van der Waals surface area contributed by atoms with Crippen molar-refractivity contribution in [2.75, 3.05) is 0 Å². The fraction of sp³-hybridized carbons (Fsp3) is 0.750. The van der Waals surface area contributed by atoms with Crippen molar-refractivity contribution < 1.29 is 0 Å². The summed E-state index contributed by atoms with van der Waals surface area (Å²) in [4.78, 5) is 0. The van der Waals surface area contributed by atoms with Crippen LogP contribution in [0.5, 0.6) is 0 Å². The Bertz CT molecular complexity index is 739. The molecule has 0 aromatic rings. The summed E-state index contributed by atoms with van der Waals surface area (Å²) in [6, 6.07) is 0. The first-order chi connectivity index (χ1) is 12.5. The molecule has 0 aromatic carbocycles. The summed E-state index contributed by atoms with van der Waals surface area (Å²) in [6.07, 6.45) is 0. The maximum atomic E-state index is 2.66. The highest BCUT2D eigenvalue weighted by atomic mass is 31.1. The van der Waals surface area contributed by atoms with Crippen LogP contribution >= 0.6 is 7.17 Å². The van der Waals surface area contributed by atoms with Crippen molar-refractivity contribution >= 4 is 48.5 Å². The van der Waals surface area contributed by atoms with E-state index in [1.54, 1.807) is 22.3 Å². The van der Waals surface area contributed by atoms with Crippen LogP contribution in [-0.2, 0) is 0 Å². The van der Waals surface area contributed by atoms with Gasteiger partial charge in [-0.1, -0.05) is 98.8 Å². The molecule has 1 rings (SSSR count). The van der Waals surface area contributed by atoms with Gasteiger partial charge in [0, 0.05) is 5.16 Å². The zero-order valence-electron chi connectivity index (χ0n) is 22.9. The quantitative estimate of drug-likeness (QED) is 0.271. The first-order valence-corrected chi connectivity index (χ1v) is 26.8. The normalized spacial score (nSPS) is 18.5. The molecule has 1 aliphatic carbocycles. The van der Waals surface area contributed by atoms with Crippen molar-refractivity contribution in [3.63, 3.8) is 0 Å². The molecule has 0 atom stereocenters. The second-order valence-corrected chi connectivity index (χ2v) is 38.7. The largest absolute Gasteiger partial charge is 0.128 e. The van der Waals surface area contributed by atoms with Crippen LogP contribution in [0.15, 0.2) is 22.3 Å². The van der Waals surface area contributed by atoms with E-state index < -0.39 is 32.3 Å². The minimum Gasteiger partial charge on any atom is -0.128 e. The van der Waals surface area contributed by atoms with Gasteiger partial charge in [-0.15, -0.1) is 7.17 Å². The van der Waals surface area contributed by atoms with Gasteiger partial charge in [-0.25, -0.2) is 0 Å². The van der Waals surface area contributed by atoms with Crippen LogP contribution in [0, 0.1) is 0 Å². The maximum absolute atomic E-state index is 2.66. The predicted octanol–water partition coefficient (Wildman–Crippen LogP) is 8.77. The van der Waals surface area contributed by atoms with Crippen LogP contribution in [0.1, 0.15) is 34.6 Å². The molecule has 0 amide bonds. The molecule has 0 radical (unpaired) electrons. The molecule has 29 heavy (non-hydrogen) atoms. The molecule has 168 valence electrons. The molecule has 0 saturated heterocycles. The van der Waals surface area contributed by atoms with Gasteiger partial charge in [-0.3, -0.25) is 0 Å². The minimum absolute atomic E-state index is 0.231. The van der Waals surface area contributed by atoms with Gasteiger partial charge in [0.25, 0.3) is 0 Å². The van der Waals surface area contributed by atoms with Gasteiger partial charge >= 0.3 is 0 Å². The third kappa shape index (κ3) is 5.08. The predicted molar refractivity (Wildman–Crippen MR) is 155 cm³/mol. The summed E-state index contributed by atoms with van der Waals surface area (Å²) in [5.41, 5.74) is 6.52. The monoisotopic (exact) mass is 482 g/mol. The van der Waals surface area contributed by atoms with Gasteiger partial charge in [0.2, 0.25) is 0 Å². The summed E-state index contributed by atoms with van der Waals surface area (Å²) in [6.45, 7) is 44.2. The molecular formula is C24H51PSi4. The fourth-order valence-electron chi connectivity index (χ4n) is 6.06. The lowest BCUT2D eigenvalue weighted by molar-refractivity contribution is 0.873. The van der Waals surface area contributed by atoms with Gasteiger partial charge in [-0.05, 0) is 45.8 Å². The molecule has 0 saturated carbocycles. The van der Waals surface area contributed by atoms with E-state index >= 15 is 0 Å². The zero-order valence-corrected chi connectivity index (χ0v) is 27.8. The Hall–Kier alpha value is 0.388. The van der Waals surface area contributed by atoms with Gasteiger partial charge in [0.1, 0.15) is 0 Å². The van der Waals surface area contributed by atoms with E-state index in [2.05, 4.69) is 122 Å². The number of rotatable bonds is 5. The Labute approximate surface area is 188 Å². The van der Waals surface area contributed by atoms with Crippen LogP contribution in [0.4, 0.5) is 0 Å². The summed E-state index contributed by atoms with van der Waals surface area (Å²) >= 11 is 0. The number of allylic oxidation sites excluding steroid dienone is 4. The van der Waals surface area contributed by atoms with Gasteiger partial charge < -0.3 is 0 Å². The van der Waals surface area contributed by atoms with E-state index in [1.165, 1.54) is 0 Å². The number of hydrogen-bond donors (Lipinski definition) is 0. The molecule has 0 aromatic heterocycles. The Morgan fingerprint density at radius 1 is 0.517 bits per heavy atom. The van der Waals surface area contributed by atoms with Crippen LogP contribution < -0.4 is 0 Å². The van der Waals surface area contributed by atoms with Crippen molar-refractivity contribution in [2.24, 2.45) is 0 Å². The summed E-state index contributed by atoms with van der Waals surface area (Å²) < 4.78 is 4.20. The van der Waals surface area contributed by atoms with Crippen molar-refractivity contribution in [3.05, 3.63) is 22.3 Å². The fourth-order valence-corrected chi connectivity index (χ4v) is 42.3. The Kier molecular flexibility index (Phi) is 7.62. The standard InChI is InChI=1S/C24H51PSi4/c1-18-19(2)21(4)24(5,20(18)3)25(22(26(6,7)8)27(9,10)11)23(28(12,13)14)29(15,16)17/h1-17H3. The Balaban J connectivity index is 4.67. The highest BCUT2D eigenvalue weighted by molar-refractivity contribution is 7.83. The van der Waals surface area contributed by atoms with Gasteiger partial charge in [0.05, 0.1) is 32.3 Å². The van der Waals surface area contributed by atoms with Crippen molar-refractivity contribution in [1.29, 1.82) is 0 Å². The topological polar surface area (TPSA) is 0 Å². The lowest BCUT2D eigenvalue weighted by atomic mass is 9.98. The van der Waals surface area contributed by atoms with E-state index in [0.717, 1.165) is 0 Å². The number of hydrogen-bond acceptors (Lipinski definition) is 0. The third-order valence-corrected chi connectivity index (χ3v) is 34.8. The van der Waals surface area contributed by atoms with E-state index in [1.807, 2.05) is 0 Å². The van der Waals surface area contributed by atoms with Crippen molar-refractivity contribution in [3.8, 4) is 0 Å². The molecule has 0 spiro atoms. The van der Waals surface area contributed by atoms with Crippen molar-refractivity contribution in [1.82, 2.24) is 0 Å². The third-order valence-electron chi connectivity index (χ3n) is 6.88. The lowest BCUT2D eigenvalue weighted by Gasteiger charge is -2.44. The summed E-state index contributed by atoms with van der Waals surface area (Å²) in [7, 11) is -6.04. The van der Waals surface area contributed by atoms with Gasteiger partial charge in [-0.2, -0.15) is 0 Å². The first-order valence-electron chi connectivity index (χ1n) is 11.4. The van der Waals surface area contributed by atoms with E-state index in [0.29, 0.717) is 0 Å². The molecule has 5 heteroatoms. The van der Waals surface area contributed by atoms with E-state index in [-0.39, 0.29) is 12.3 Å². The SMILES string of the molecule is CC1=C(C)C(C)(P(=C([Si](C)(C)C)[Si](C)(C)C)=C([Si](C)(C)C)[Si](C)(C)C)C(C)=C1C. The molecule has 0 aliphatic heterocycles. The van der Waals surface area contributed by atoms with Gasteiger partial charge in [0.15, 0.2) is 0 Å². The highest BCUT2D eigenvalue weighted by Crippen LogP contribution is 2.55. The molecule has 0 fully saturated rings. The first kappa shape index (κ1) is 27.4. The molecule has 1 aliphatic rings. The average Bonchev–Trinajstić information content (AvgIpc) is 2.57.